The molecule has 4 atom stereocenters. The fraction of sp³-hybridized carbons (Fsp3) is 0.444. The van der Waals surface area contributed by atoms with Gasteiger partial charge in [-0.05, 0) is 67.8 Å². The summed E-state index contributed by atoms with van der Waals surface area (Å²) in [7, 11) is 2.88. The molecule has 3 saturated heterocycles. The van der Waals surface area contributed by atoms with Crippen molar-refractivity contribution in [2.24, 2.45) is 13.0 Å². The number of rotatable bonds is 9. The minimum Gasteiger partial charge on any atom is -0.497 e. The van der Waals surface area contributed by atoms with Crippen LogP contribution in [0.2, 0.25) is 0 Å². The Kier molecular flexibility index (Phi) is 7.15. The van der Waals surface area contributed by atoms with Gasteiger partial charge in [0.05, 0.1) is 27.0 Å². The average Bonchev–Trinajstić information content (AvgIpc) is 3.33. The van der Waals surface area contributed by atoms with E-state index in [1.54, 1.807) is 19.2 Å². The van der Waals surface area contributed by atoms with E-state index in [1.165, 1.54) is 26.0 Å². The van der Waals surface area contributed by atoms with Gasteiger partial charge in [-0.1, -0.05) is 0 Å². The number of hydrogen-bond donors (Lipinski definition) is 1. The van der Waals surface area contributed by atoms with Crippen LogP contribution >= 0.6 is 0 Å². The van der Waals surface area contributed by atoms with Gasteiger partial charge in [-0.15, -0.1) is 0 Å². The van der Waals surface area contributed by atoms with Crippen LogP contribution in [0.3, 0.4) is 0 Å². The SMILES string of the molecule is COc1ccc(-c2cc(C3CN4CCC3CC4CNS(=O)(=O)c3cc(OC)ccc3OC)n(C)n2)cc1. The Labute approximate surface area is 218 Å². The van der Waals surface area contributed by atoms with Crippen LogP contribution in [0, 0.1) is 5.92 Å². The van der Waals surface area contributed by atoms with Crippen molar-refractivity contribution < 1.29 is 22.6 Å². The van der Waals surface area contributed by atoms with Crippen LogP contribution in [0.15, 0.2) is 53.4 Å². The molecule has 4 unspecified atom stereocenters. The zero-order valence-corrected chi connectivity index (χ0v) is 22.5. The molecule has 3 fully saturated rings. The molecule has 37 heavy (non-hydrogen) atoms. The minimum absolute atomic E-state index is 0.0872. The predicted molar refractivity (Wildman–Crippen MR) is 141 cm³/mol. The third-order valence-electron chi connectivity index (χ3n) is 7.73. The molecule has 6 rings (SSSR count). The van der Waals surface area contributed by atoms with Crippen molar-refractivity contribution in [3.05, 3.63) is 54.2 Å². The van der Waals surface area contributed by atoms with Crippen molar-refractivity contribution in [1.29, 1.82) is 0 Å². The van der Waals surface area contributed by atoms with E-state index in [1.807, 2.05) is 36.0 Å². The van der Waals surface area contributed by atoms with Gasteiger partial charge in [0, 0.05) is 49.4 Å². The summed E-state index contributed by atoms with van der Waals surface area (Å²) in [6.45, 7) is 2.22. The minimum atomic E-state index is -3.76. The maximum atomic E-state index is 13.2. The van der Waals surface area contributed by atoms with E-state index in [0.29, 0.717) is 29.9 Å². The van der Waals surface area contributed by atoms with Gasteiger partial charge in [-0.3, -0.25) is 9.58 Å². The fourth-order valence-corrected chi connectivity index (χ4v) is 6.95. The Morgan fingerprint density at radius 2 is 1.73 bits per heavy atom. The third kappa shape index (κ3) is 5.05. The van der Waals surface area contributed by atoms with Crippen LogP contribution in [-0.4, -0.2) is 70.1 Å². The first-order valence-corrected chi connectivity index (χ1v) is 14.0. The number of piperidine rings is 3. The number of aromatic nitrogens is 2. The second-order valence-electron chi connectivity index (χ2n) is 9.71. The molecule has 1 N–H and O–H groups in total. The van der Waals surface area contributed by atoms with Crippen LogP contribution in [0.5, 0.6) is 17.2 Å². The van der Waals surface area contributed by atoms with Gasteiger partial charge < -0.3 is 14.2 Å². The lowest BCUT2D eigenvalue weighted by molar-refractivity contribution is 0.0306. The number of benzene rings is 2. The molecular formula is C27H34N4O5S. The maximum absolute atomic E-state index is 13.2. The lowest BCUT2D eigenvalue weighted by Gasteiger charge is -2.49. The van der Waals surface area contributed by atoms with E-state index in [-0.39, 0.29) is 10.9 Å². The highest BCUT2D eigenvalue weighted by Gasteiger charge is 2.42. The molecule has 0 radical (unpaired) electrons. The standard InChI is InChI=1S/C27H34N4O5S/c1-30-25(15-24(29-30)18-5-7-21(34-2)8-6-18)23-17-31-12-11-19(23)13-20(31)16-28-37(32,33)27-14-22(35-3)9-10-26(27)36-4/h5-10,14-15,19-20,23,28H,11-13,16-17H2,1-4H3. The molecule has 3 aromatic rings. The molecule has 198 valence electrons. The van der Waals surface area contributed by atoms with Gasteiger partial charge in [0.2, 0.25) is 10.0 Å². The van der Waals surface area contributed by atoms with Crippen LogP contribution in [0.1, 0.15) is 24.5 Å². The maximum Gasteiger partial charge on any atom is 0.244 e. The lowest BCUT2D eigenvalue weighted by Crippen LogP contribution is -2.56. The smallest absolute Gasteiger partial charge is 0.244 e. The number of nitrogens with zero attached hydrogens (tertiary/aromatic N) is 3. The zero-order valence-electron chi connectivity index (χ0n) is 21.7. The Morgan fingerprint density at radius 1 is 1.00 bits per heavy atom. The number of ether oxygens (including phenoxy) is 3. The third-order valence-corrected chi connectivity index (χ3v) is 9.17. The van der Waals surface area contributed by atoms with Gasteiger partial charge in [0.1, 0.15) is 22.1 Å². The summed E-state index contributed by atoms with van der Waals surface area (Å²) in [6.07, 6.45) is 2.03. The molecule has 3 aliphatic heterocycles. The van der Waals surface area contributed by atoms with E-state index < -0.39 is 10.0 Å². The van der Waals surface area contributed by atoms with Gasteiger partial charge in [-0.2, -0.15) is 5.10 Å². The lowest BCUT2D eigenvalue weighted by atomic mass is 9.74. The number of hydrogen-bond acceptors (Lipinski definition) is 7. The van der Waals surface area contributed by atoms with Crippen LogP contribution in [-0.2, 0) is 17.1 Å². The molecule has 10 heteroatoms. The first-order valence-electron chi connectivity index (χ1n) is 12.5. The first-order chi connectivity index (χ1) is 17.8. The molecular weight excluding hydrogens is 492 g/mol. The summed E-state index contributed by atoms with van der Waals surface area (Å²) < 4.78 is 46.9. The molecule has 0 saturated carbocycles. The average molecular weight is 527 g/mol. The number of methoxy groups -OCH3 is 3. The van der Waals surface area contributed by atoms with Gasteiger partial charge in [0.15, 0.2) is 0 Å². The monoisotopic (exact) mass is 526 g/mol. The highest BCUT2D eigenvalue weighted by molar-refractivity contribution is 7.89. The Bertz CT molecular complexity index is 1360. The van der Waals surface area contributed by atoms with E-state index in [4.69, 9.17) is 19.3 Å². The normalized spacial score (nSPS) is 23.1. The van der Waals surface area contributed by atoms with Crippen molar-refractivity contribution in [2.75, 3.05) is 41.0 Å². The molecule has 4 heterocycles. The van der Waals surface area contributed by atoms with Crippen molar-refractivity contribution in [1.82, 2.24) is 19.4 Å². The van der Waals surface area contributed by atoms with Crippen molar-refractivity contribution in [2.45, 2.75) is 29.7 Å². The van der Waals surface area contributed by atoms with Crippen molar-refractivity contribution in [3.63, 3.8) is 0 Å². The molecule has 0 spiro atoms. The second kappa shape index (κ2) is 10.4. The Morgan fingerprint density at radius 3 is 2.38 bits per heavy atom. The predicted octanol–water partition coefficient (Wildman–Crippen LogP) is 3.27. The molecule has 9 nitrogen and oxygen atoms in total. The molecule has 0 amide bonds. The molecule has 2 aromatic carbocycles. The van der Waals surface area contributed by atoms with E-state index in [2.05, 4.69) is 15.7 Å². The van der Waals surface area contributed by atoms with Crippen molar-refractivity contribution in [3.8, 4) is 28.5 Å². The molecule has 3 aliphatic rings. The summed E-state index contributed by atoms with van der Waals surface area (Å²) in [6, 6.07) is 15.1. The summed E-state index contributed by atoms with van der Waals surface area (Å²) in [4.78, 5) is 2.50. The fourth-order valence-electron chi connectivity index (χ4n) is 5.69. The highest BCUT2D eigenvalue weighted by Crippen LogP contribution is 2.42. The number of sulfonamides is 1. The van der Waals surface area contributed by atoms with Gasteiger partial charge >= 0.3 is 0 Å². The summed E-state index contributed by atoms with van der Waals surface area (Å²) >= 11 is 0. The summed E-state index contributed by atoms with van der Waals surface area (Å²) in [5, 5.41) is 4.79. The Balaban J connectivity index is 1.28. The summed E-state index contributed by atoms with van der Waals surface area (Å²) in [5.74, 6) is 2.43. The zero-order chi connectivity index (χ0) is 26.2. The molecule has 1 aromatic heterocycles. The van der Waals surface area contributed by atoms with Crippen LogP contribution < -0.4 is 18.9 Å². The molecule has 0 aliphatic carbocycles. The second-order valence-corrected chi connectivity index (χ2v) is 11.5. The number of nitrogens with one attached hydrogen (secondary N) is 1. The Hall–Kier alpha value is -3.08. The largest absolute Gasteiger partial charge is 0.497 e. The quantitative estimate of drug-likeness (QED) is 0.457. The van der Waals surface area contributed by atoms with Crippen molar-refractivity contribution >= 4 is 10.0 Å². The van der Waals surface area contributed by atoms with E-state index in [9.17, 15) is 8.42 Å². The van der Waals surface area contributed by atoms with Gasteiger partial charge in [-0.25, -0.2) is 13.1 Å². The van der Waals surface area contributed by atoms with E-state index in [0.717, 1.165) is 42.9 Å². The summed E-state index contributed by atoms with van der Waals surface area (Å²) in [5.41, 5.74) is 3.23. The first kappa shape index (κ1) is 25.6. The van der Waals surface area contributed by atoms with Crippen LogP contribution in [0.25, 0.3) is 11.3 Å². The highest BCUT2D eigenvalue weighted by atomic mass is 32.2. The van der Waals surface area contributed by atoms with Gasteiger partial charge in [0.25, 0.3) is 0 Å². The number of fused-ring (bicyclic) bond motifs is 3. The molecule has 2 bridgehead atoms. The van der Waals surface area contributed by atoms with Crippen LogP contribution in [0.4, 0.5) is 0 Å². The number of aryl methyl sites for hydroxylation is 1. The van der Waals surface area contributed by atoms with E-state index >= 15 is 0 Å². The topological polar surface area (TPSA) is 94.9 Å².